The van der Waals surface area contributed by atoms with Crippen LogP contribution in [0.1, 0.15) is 12.0 Å². The average molecular weight is 255 g/mol. The summed E-state index contributed by atoms with van der Waals surface area (Å²) < 4.78 is 23.6. The van der Waals surface area contributed by atoms with Crippen molar-refractivity contribution in [2.24, 2.45) is 0 Å². The molecule has 0 saturated heterocycles. The zero-order valence-electron chi connectivity index (χ0n) is 11.0. The molecule has 0 aromatic heterocycles. The van der Waals surface area contributed by atoms with Gasteiger partial charge in [0.15, 0.2) is 0 Å². The van der Waals surface area contributed by atoms with Crippen LogP contribution < -0.4 is 5.32 Å². The smallest absolute Gasteiger partial charge is 0.126 e. The van der Waals surface area contributed by atoms with Crippen LogP contribution in [0.5, 0.6) is 0 Å². The molecule has 18 heavy (non-hydrogen) atoms. The van der Waals surface area contributed by atoms with Gasteiger partial charge < -0.3 is 14.8 Å². The Morgan fingerprint density at radius 1 is 1.11 bits per heavy atom. The van der Waals surface area contributed by atoms with Crippen LogP contribution in [0, 0.1) is 5.82 Å². The molecule has 0 spiro atoms. The maximum Gasteiger partial charge on any atom is 0.126 e. The van der Waals surface area contributed by atoms with Gasteiger partial charge in [-0.15, -0.1) is 0 Å². The van der Waals surface area contributed by atoms with Crippen LogP contribution in [-0.4, -0.2) is 40.0 Å². The van der Waals surface area contributed by atoms with E-state index >= 15 is 0 Å². The van der Waals surface area contributed by atoms with E-state index in [9.17, 15) is 4.39 Å². The van der Waals surface area contributed by atoms with Gasteiger partial charge in [0.1, 0.15) is 5.82 Å². The summed E-state index contributed by atoms with van der Waals surface area (Å²) in [6.45, 7) is 3.70. The molecule has 0 unspecified atom stereocenters. The third kappa shape index (κ3) is 6.69. The minimum absolute atomic E-state index is 0.130. The first-order valence-electron chi connectivity index (χ1n) is 6.35. The predicted octanol–water partition coefficient (Wildman–Crippen LogP) is 2.01. The van der Waals surface area contributed by atoms with Crippen LogP contribution in [0.25, 0.3) is 0 Å². The van der Waals surface area contributed by atoms with Crippen molar-refractivity contribution in [2.45, 2.75) is 12.8 Å². The van der Waals surface area contributed by atoms with E-state index < -0.39 is 0 Å². The Balaban J connectivity index is 1.94. The van der Waals surface area contributed by atoms with E-state index in [2.05, 4.69) is 5.32 Å². The highest BCUT2D eigenvalue weighted by molar-refractivity contribution is 5.17. The molecule has 0 amide bonds. The number of hydrogen-bond donors (Lipinski definition) is 1. The van der Waals surface area contributed by atoms with Gasteiger partial charge in [0, 0.05) is 26.9 Å². The Bertz CT molecular complexity index is 320. The van der Waals surface area contributed by atoms with Crippen molar-refractivity contribution in [3.8, 4) is 0 Å². The Labute approximate surface area is 108 Å². The molecule has 0 heterocycles. The van der Waals surface area contributed by atoms with Gasteiger partial charge in [-0.2, -0.15) is 0 Å². The van der Waals surface area contributed by atoms with E-state index in [1.54, 1.807) is 13.2 Å². The molecule has 4 heteroatoms. The normalized spacial score (nSPS) is 10.8. The maximum atomic E-state index is 13.3. The lowest BCUT2D eigenvalue weighted by Gasteiger charge is -2.06. The molecular formula is C14H22FNO2. The van der Waals surface area contributed by atoms with Gasteiger partial charge in [-0.3, -0.25) is 0 Å². The first-order valence-corrected chi connectivity index (χ1v) is 6.35. The summed E-state index contributed by atoms with van der Waals surface area (Å²) in [5.74, 6) is -0.130. The standard InChI is InChI=1S/C14H22FNO2/c1-17-10-4-11-18-12-9-16-8-7-13-5-2-3-6-14(13)15/h2-3,5-6,16H,4,7-12H2,1H3. The number of ether oxygens (including phenoxy) is 2. The van der Waals surface area contributed by atoms with E-state index in [0.717, 1.165) is 38.3 Å². The van der Waals surface area contributed by atoms with Crippen molar-refractivity contribution in [2.75, 3.05) is 40.0 Å². The van der Waals surface area contributed by atoms with Gasteiger partial charge in [-0.05, 0) is 31.0 Å². The maximum absolute atomic E-state index is 13.3. The van der Waals surface area contributed by atoms with E-state index in [-0.39, 0.29) is 5.82 Å². The fraction of sp³-hybridized carbons (Fsp3) is 0.571. The average Bonchev–Trinajstić information content (AvgIpc) is 2.39. The van der Waals surface area contributed by atoms with Crippen LogP contribution in [0.3, 0.4) is 0 Å². The number of hydrogen-bond acceptors (Lipinski definition) is 3. The van der Waals surface area contributed by atoms with Gasteiger partial charge in [0.25, 0.3) is 0 Å². The molecule has 102 valence electrons. The third-order valence-corrected chi connectivity index (χ3v) is 2.59. The third-order valence-electron chi connectivity index (χ3n) is 2.59. The van der Waals surface area contributed by atoms with Gasteiger partial charge >= 0.3 is 0 Å². The second-order valence-electron chi connectivity index (χ2n) is 4.05. The molecule has 1 N–H and O–H groups in total. The number of halogens is 1. The number of nitrogens with one attached hydrogen (secondary N) is 1. The Kier molecular flexibility index (Phi) is 8.38. The van der Waals surface area contributed by atoms with E-state index in [1.807, 2.05) is 12.1 Å². The fourth-order valence-corrected chi connectivity index (χ4v) is 1.60. The summed E-state index contributed by atoms with van der Waals surface area (Å²) in [7, 11) is 1.68. The summed E-state index contributed by atoms with van der Waals surface area (Å²) in [6, 6.07) is 6.88. The molecule has 0 aliphatic heterocycles. The van der Waals surface area contributed by atoms with Crippen LogP contribution in [0.15, 0.2) is 24.3 Å². The number of rotatable bonds is 10. The van der Waals surface area contributed by atoms with Gasteiger partial charge in [0.2, 0.25) is 0 Å². The van der Waals surface area contributed by atoms with Crippen molar-refractivity contribution < 1.29 is 13.9 Å². The highest BCUT2D eigenvalue weighted by Gasteiger charge is 1.99. The quantitative estimate of drug-likeness (QED) is 0.649. The van der Waals surface area contributed by atoms with Crippen LogP contribution in [0.2, 0.25) is 0 Å². The fourth-order valence-electron chi connectivity index (χ4n) is 1.60. The van der Waals surface area contributed by atoms with Crippen molar-refractivity contribution >= 4 is 0 Å². The second-order valence-corrected chi connectivity index (χ2v) is 4.05. The van der Waals surface area contributed by atoms with Crippen molar-refractivity contribution in [1.82, 2.24) is 5.32 Å². The molecule has 1 aromatic carbocycles. The lowest BCUT2D eigenvalue weighted by Crippen LogP contribution is -2.22. The van der Waals surface area contributed by atoms with E-state index in [1.165, 1.54) is 6.07 Å². The molecule has 0 atom stereocenters. The molecule has 0 aliphatic rings. The highest BCUT2D eigenvalue weighted by Crippen LogP contribution is 2.05. The summed E-state index contributed by atoms with van der Waals surface area (Å²) in [5.41, 5.74) is 0.756. The molecule has 0 aliphatic carbocycles. The van der Waals surface area contributed by atoms with Crippen LogP contribution >= 0.6 is 0 Å². The molecule has 0 fully saturated rings. The minimum Gasteiger partial charge on any atom is -0.385 e. The molecular weight excluding hydrogens is 233 g/mol. The topological polar surface area (TPSA) is 30.5 Å². The zero-order chi connectivity index (χ0) is 13.1. The van der Waals surface area contributed by atoms with Crippen molar-refractivity contribution in [3.63, 3.8) is 0 Å². The molecule has 3 nitrogen and oxygen atoms in total. The summed E-state index contributed by atoms with van der Waals surface area (Å²) in [6.07, 6.45) is 1.63. The summed E-state index contributed by atoms with van der Waals surface area (Å²) in [4.78, 5) is 0. The molecule has 1 aromatic rings. The first-order chi connectivity index (χ1) is 8.84. The lowest BCUT2D eigenvalue weighted by molar-refractivity contribution is 0.104. The molecule has 1 rings (SSSR count). The van der Waals surface area contributed by atoms with E-state index in [4.69, 9.17) is 9.47 Å². The Hall–Kier alpha value is -0.970. The highest BCUT2D eigenvalue weighted by atomic mass is 19.1. The number of methoxy groups -OCH3 is 1. The molecule has 0 bridgehead atoms. The number of benzene rings is 1. The minimum atomic E-state index is -0.130. The zero-order valence-corrected chi connectivity index (χ0v) is 11.0. The first kappa shape index (κ1) is 15.1. The van der Waals surface area contributed by atoms with Crippen molar-refractivity contribution in [1.29, 1.82) is 0 Å². The molecule has 0 saturated carbocycles. The Morgan fingerprint density at radius 3 is 2.72 bits per heavy atom. The Morgan fingerprint density at radius 2 is 1.94 bits per heavy atom. The monoisotopic (exact) mass is 255 g/mol. The predicted molar refractivity (Wildman–Crippen MR) is 70.3 cm³/mol. The second kappa shape index (κ2) is 10.00. The van der Waals surface area contributed by atoms with Gasteiger partial charge in [-0.1, -0.05) is 18.2 Å². The molecule has 0 radical (unpaired) electrons. The van der Waals surface area contributed by atoms with Gasteiger partial charge in [-0.25, -0.2) is 4.39 Å². The van der Waals surface area contributed by atoms with Gasteiger partial charge in [0.05, 0.1) is 6.61 Å². The largest absolute Gasteiger partial charge is 0.385 e. The van der Waals surface area contributed by atoms with Crippen LogP contribution in [0.4, 0.5) is 4.39 Å². The summed E-state index contributed by atoms with van der Waals surface area (Å²) >= 11 is 0. The van der Waals surface area contributed by atoms with E-state index in [0.29, 0.717) is 13.0 Å². The van der Waals surface area contributed by atoms with Crippen LogP contribution in [-0.2, 0) is 15.9 Å². The summed E-state index contributed by atoms with van der Waals surface area (Å²) in [5, 5.41) is 3.23. The SMILES string of the molecule is COCCCOCCNCCc1ccccc1F. The van der Waals surface area contributed by atoms with Crippen molar-refractivity contribution in [3.05, 3.63) is 35.6 Å². The lowest BCUT2D eigenvalue weighted by atomic mass is 10.1.